The molecule has 0 bridgehead atoms. The average Bonchev–Trinajstić information content (AvgIpc) is 2.66. The van der Waals surface area contributed by atoms with Crippen LogP contribution in [-0.2, 0) is 10.0 Å². The van der Waals surface area contributed by atoms with Gasteiger partial charge in [-0.2, -0.15) is 0 Å². The lowest BCUT2D eigenvalue weighted by Gasteiger charge is -2.15. The van der Waals surface area contributed by atoms with Gasteiger partial charge in [0.1, 0.15) is 5.75 Å². The highest BCUT2D eigenvalue weighted by Crippen LogP contribution is 2.19. The van der Waals surface area contributed by atoms with Crippen LogP contribution in [0, 0.1) is 0 Å². The van der Waals surface area contributed by atoms with Gasteiger partial charge in [0.25, 0.3) is 5.91 Å². The summed E-state index contributed by atoms with van der Waals surface area (Å²) in [5.41, 5.74) is 0.893. The molecule has 29 heavy (non-hydrogen) atoms. The number of hydrogen-bond donors (Lipinski definition) is 3. The number of benzene rings is 2. The molecule has 0 aliphatic heterocycles. The second-order valence-electron chi connectivity index (χ2n) is 6.24. The number of hydrogen-bond acceptors (Lipinski definition) is 5. The lowest BCUT2D eigenvalue weighted by Crippen LogP contribution is -2.34. The van der Waals surface area contributed by atoms with Gasteiger partial charge in [-0.05, 0) is 62.5 Å². The standard InChI is InChI=1S/C20H23N3O4S2/c1-4-13-21-29(25,26)16-11-9-15(10-12-16)22-20(28)23-19(24)17-7-5-6-8-18(17)27-14(2)3/h4-12,14,21H,1,13H2,2-3H3,(H2,22,23,24,28). The fraction of sp³-hybridized carbons (Fsp3) is 0.200. The summed E-state index contributed by atoms with van der Waals surface area (Å²) in [6.07, 6.45) is 1.38. The molecule has 0 aliphatic carbocycles. The highest BCUT2D eigenvalue weighted by atomic mass is 32.2. The molecule has 0 saturated heterocycles. The summed E-state index contributed by atoms with van der Waals surface area (Å²) in [5.74, 6) is 0.0518. The van der Waals surface area contributed by atoms with E-state index in [0.717, 1.165) is 0 Å². The first kappa shape index (κ1) is 22.5. The molecule has 2 rings (SSSR count). The number of nitrogens with one attached hydrogen (secondary N) is 3. The Hall–Kier alpha value is -2.75. The molecule has 0 unspecified atom stereocenters. The van der Waals surface area contributed by atoms with Gasteiger partial charge < -0.3 is 10.1 Å². The summed E-state index contributed by atoms with van der Waals surface area (Å²) in [5, 5.41) is 5.52. The van der Waals surface area contributed by atoms with Crippen LogP contribution >= 0.6 is 12.2 Å². The van der Waals surface area contributed by atoms with Crippen molar-refractivity contribution in [3.63, 3.8) is 0 Å². The van der Waals surface area contributed by atoms with Gasteiger partial charge in [-0.25, -0.2) is 13.1 Å². The molecule has 0 radical (unpaired) electrons. The molecule has 1 amide bonds. The molecule has 2 aromatic rings. The van der Waals surface area contributed by atoms with E-state index in [9.17, 15) is 13.2 Å². The molecular weight excluding hydrogens is 410 g/mol. The zero-order valence-electron chi connectivity index (χ0n) is 16.1. The highest BCUT2D eigenvalue weighted by molar-refractivity contribution is 7.89. The van der Waals surface area contributed by atoms with Gasteiger partial charge >= 0.3 is 0 Å². The Labute approximate surface area is 176 Å². The second-order valence-corrected chi connectivity index (χ2v) is 8.41. The van der Waals surface area contributed by atoms with E-state index in [-0.39, 0.29) is 22.7 Å². The summed E-state index contributed by atoms with van der Waals surface area (Å²) >= 11 is 5.18. The van der Waals surface area contributed by atoms with Crippen LogP contribution in [0.5, 0.6) is 5.75 Å². The van der Waals surface area contributed by atoms with Crippen LogP contribution < -0.4 is 20.1 Å². The molecule has 0 spiro atoms. The fourth-order valence-electron chi connectivity index (χ4n) is 2.31. The van der Waals surface area contributed by atoms with Crippen molar-refractivity contribution in [2.24, 2.45) is 0 Å². The van der Waals surface area contributed by atoms with E-state index in [0.29, 0.717) is 17.0 Å². The number of ether oxygens (including phenoxy) is 1. The lowest BCUT2D eigenvalue weighted by molar-refractivity contribution is 0.0972. The van der Waals surface area contributed by atoms with Crippen molar-refractivity contribution >= 4 is 38.9 Å². The predicted molar refractivity (Wildman–Crippen MR) is 118 cm³/mol. The largest absolute Gasteiger partial charge is 0.490 e. The Morgan fingerprint density at radius 2 is 1.83 bits per heavy atom. The van der Waals surface area contributed by atoms with Crippen LogP contribution in [-0.4, -0.2) is 32.1 Å². The molecule has 0 aliphatic rings. The van der Waals surface area contributed by atoms with E-state index in [1.54, 1.807) is 36.4 Å². The van der Waals surface area contributed by atoms with Gasteiger partial charge in [0.05, 0.1) is 16.6 Å². The third kappa shape index (κ3) is 6.67. The lowest BCUT2D eigenvalue weighted by atomic mass is 10.2. The average molecular weight is 434 g/mol. The number of amides is 1. The number of carbonyl (C=O) groups is 1. The maximum atomic E-state index is 12.5. The number of para-hydroxylation sites is 1. The van der Waals surface area contributed by atoms with Crippen molar-refractivity contribution in [2.45, 2.75) is 24.8 Å². The number of anilines is 1. The minimum Gasteiger partial charge on any atom is -0.490 e. The topological polar surface area (TPSA) is 96.5 Å². The molecule has 0 fully saturated rings. The Morgan fingerprint density at radius 3 is 2.45 bits per heavy atom. The van der Waals surface area contributed by atoms with Crippen LogP contribution in [0.25, 0.3) is 0 Å². The molecule has 0 atom stereocenters. The maximum Gasteiger partial charge on any atom is 0.261 e. The van der Waals surface area contributed by atoms with E-state index in [1.807, 2.05) is 13.8 Å². The molecular formula is C20H23N3O4S2. The third-order valence-corrected chi connectivity index (χ3v) is 5.21. The number of carbonyl (C=O) groups excluding carboxylic acids is 1. The van der Waals surface area contributed by atoms with Gasteiger partial charge in [-0.1, -0.05) is 18.2 Å². The first-order chi connectivity index (χ1) is 13.7. The number of sulfonamides is 1. The van der Waals surface area contributed by atoms with Crippen LogP contribution in [0.3, 0.4) is 0 Å². The van der Waals surface area contributed by atoms with Crippen molar-refractivity contribution in [2.75, 3.05) is 11.9 Å². The fourth-order valence-corrected chi connectivity index (χ4v) is 3.52. The summed E-state index contributed by atoms with van der Waals surface area (Å²) in [4.78, 5) is 12.6. The van der Waals surface area contributed by atoms with E-state index < -0.39 is 15.9 Å². The van der Waals surface area contributed by atoms with Crippen LogP contribution in [0.4, 0.5) is 5.69 Å². The molecule has 154 valence electrons. The van der Waals surface area contributed by atoms with Gasteiger partial charge in [-0.3, -0.25) is 10.1 Å². The van der Waals surface area contributed by atoms with Crippen LogP contribution in [0.2, 0.25) is 0 Å². The molecule has 7 nitrogen and oxygen atoms in total. The summed E-state index contributed by atoms with van der Waals surface area (Å²) in [6.45, 7) is 7.36. The van der Waals surface area contributed by atoms with Gasteiger partial charge in [0.2, 0.25) is 10.0 Å². The smallest absolute Gasteiger partial charge is 0.261 e. The Balaban J connectivity index is 2.03. The van der Waals surface area contributed by atoms with Crippen molar-refractivity contribution in [1.29, 1.82) is 0 Å². The zero-order chi connectivity index (χ0) is 21.4. The van der Waals surface area contributed by atoms with Crippen molar-refractivity contribution in [1.82, 2.24) is 10.0 Å². The molecule has 0 heterocycles. The monoisotopic (exact) mass is 433 g/mol. The zero-order valence-corrected chi connectivity index (χ0v) is 17.8. The number of rotatable bonds is 8. The van der Waals surface area contributed by atoms with E-state index in [1.165, 1.54) is 18.2 Å². The SMILES string of the molecule is C=CCNS(=O)(=O)c1ccc(NC(=S)NC(=O)c2ccccc2OC(C)C)cc1. The molecule has 9 heteroatoms. The van der Waals surface area contributed by atoms with Crippen molar-refractivity contribution < 1.29 is 17.9 Å². The molecule has 0 saturated carbocycles. The number of thiocarbonyl (C=S) groups is 1. The summed E-state index contributed by atoms with van der Waals surface area (Å²) in [6, 6.07) is 12.8. The van der Waals surface area contributed by atoms with E-state index in [4.69, 9.17) is 17.0 Å². The van der Waals surface area contributed by atoms with E-state index in [2.05, 4.69) is 21.9 Å². The third-order valence-electron chi connectivity index (χ3n) is 3.56. The van der Waals surface area contributed by atoms with Gasteiger partial charge in [0.15, 0.2) is 5.11 Å². The van der Waals surface area contributed by atoms with Crippen LogP contribution in [0.15, 0.2) is 66.1 Å². The molecule has 3 N–H and O–H groups in total. The van der Waals surface area contributed by atoms with Crippen molar-refractivity contribution in [3.8, 4) is 5.75 Å². The second kappa shape index (κ2) is 10.1. The Morgan fingerprint density at radius 1 is 1.17 bits per heavy atom. The highest BCUT2D eigenvalue weighted by Gasteiger charge is 2.15. The summed E-state index contributed by atoms with van der Waals surface area (Å²) < 4.78 is 32.2. The quantitative estimate of drug-likeness (QED) is 0.437. The van der Waals surface area contributed by atoms with Crippen molar-refractivity contribution in [3.05, 3.63) is 66.7 Å². The Kier molecular flexibility index (Phi) is 7.89. The summed E-state index contributed by atoms with van der Waals surface area (Å²) in [7, 11) is -3.60. The molecule has 0 aromatic heterocycles. The minimum atomic E-state index is -3.60. The minimum absolute atomic E-state index is 0.0785. The normalized spacial score (nSPS) is 11.0. The van der Waals surface area contributed by atoms with Gasteiger partial charge in [0, 0.05) is 12.2 Å². The Bertz CT molecular complexity index is 987. The van der Waals surface area contributed by atoms with E-state index >= 15 is 0 Å². The maximum absolute atomic E-state index is 12.5. The van der Waals surface area contributed by atoms with Gasteiger partial charge in [-0.15, -0.1) is 6.58 Å². The predicted octanol–water partition coefficient (Wildman–Crippen LogP) is 3.06. The van der Waals surface area contributed by atoms with Crippen LogP contribution in [0.1, 0.15) is 24.2 Å². The first-order valence-electron chi connectivity index (χ1n) is 8.81. The first-order valence-corrected chi connectivity index (χ1v) is 10.7. The molecule has 2 aromatic carbocycles.